The van der Waals surface area contributed by atoms with Crippen molar-refractivity contribution in [1.29, 1.82) is 0 Å². The number of nitrogens with one attached hydrogen (secondary N) is 2. The minimum atomic E-state index is -0.196. The van der Waals surface area contributed by atoms with Crippen LogP contribution in [-0.2, 0) is 6.42 Å². The van der Waals surface area contributed by atoms with E-state index in [1.54, 1.807) is 6.07 Å². The number of hydrogen-bond donors (Lipinski definition) is 2. The van der Waals surface area contributed by atoms with Crippen molar-refractivity contribution >= 4 is 43.9 Å². The highest BCUT2D eigenvalue weighted by atomic mass is 32.1. The summed E-state index contributed by atoms with van der Waals surface area (Å²) in [6, 6.07) is 17.1. The summed E-state index contributed by atoms with van der Waals surface area (Å²) in [4.78, 5) is 28.3. The molecule has 0 saturated carbocycles. The van der Waals surface area contributed by atoms with Crippen LogP contribution in [-0.4, -0.2) is 10.9 Å². The summed E-state index contributed by atoms with van der Waals surface area (Å²) in [5, 5.41) is 4.43. The van der Waals surface area contributed by atoms with E-state index in [9.17, 15) is 9.59 Å². The van der Waals surface area contributed by atoms with Crippen molar-refractivity contribution in [3.8, 4) is 0 Å². The van der Waals surface area contributed by atoms with Gasteiger partial charge in [0.05, 0.1) is 10.3 Å². The number of para-hydroxylation sites is 1. The average molecular weight is 348 g/mol. The molecule has 0 aliphatic heterocycles. The third-order valence-corrected chi connectivity index (χ3v) is 5.38. The molecule has 0 unspecified atom stereocenters. The molecule has 0 aliphatic carbocycles. The first kappa shape index (κ1) is 15.6. The molecular formula is C20H16N2O2S. The van der Waals surface area contributed by atoms with Crippen molar-refractivity contribution < 1.29 is 4.79 Å². The van der Waals surface area contributed by atoms with E-state index in [4.69, 9.17) is 0 Å². The molecule has 124 valence electrons. The van der Waals surface area contributed by atoms with Crippen molar-refractivity contribution in [1.82, 2.24) is 4.98 Å². The van der Waals surface area contributed by atoms with Crippen LogP contribution in [0, 0.1) is 0 Å². The van der Waals surface area contributed by atoms with Crippen LogP contribution in [0.2, 0.25) is 0 Å². The Morgan fingerprint density at radius 1 is 1.08 bits per heavy atom. The van der Waals surface area contributed by atoms with Crippen LogP contribution in [0.25, 0.3) is 21.0 Å². The second-order valence-corrected chi connectivity index (χ2v) is 6.91. The summed E-state index contributed by atoms with van der Waals surface area (Å²) in [5.74, 6) is -0.196. The van der Waals surface area contributed by atoms with Crippen LogP contribution in [0.15, 0.2) is 59.4 Å². The smallest absolute Gasteiger partial charge is 0.265 e. The number of thiophene rings is 1. The summed E-state index contributed by atoms with van der Waals surface area (Å²) in [5.41, 5.74) is 2.54. The topological polar surface area (TPSA) is 62.0 Å². The number of carbonyl (C=O) groups is 1. The van der Waals surface area contributed by atoms with Crippen molar-refractivity contribution in [2.75, 3.05) is 5.32 Å². The van der Waals surface area contributed by atoms with Gasteiger partial charge in [-0.05, 0) is 36.2 Å². The maximum Gasteiger partial charge on any atom is 0.265 e. The lowest BCUT2D eigenvalue weighted by molar-refractivity contribution is 0.103. The number of pyridine rings is 1. The molecule has 0 radical (unpaired) electrons. The number of benzene rings is 2. The Morgan fingerprint density at radius 2 is 1.92 bits per heavy atom. The molecule has 2 aromatic heterocycles. The lowest BCUT2D eigenvalue weighted by Gasteiger charge is -2.05. The number of aromatic nitrogens is 1. The Bertz CT molecular complexity index is 1160. The zero-order valence-electron chi connectivity index (χ0n) is 13.6. The highest BCUT2D eigenvalue weighted by Crippen LogP contribution is 2.30. The van der Waals surface area contributed by atoms with Gasteiger partial charge in [-0.2, -0.15) is 0 Å². The van der Waals surface area contributed by atoms with Crippen molar-refractivity contribution in [2.45, 2.75) is 13.3 Å². The van der Waals surface area contributed by atoms with E-state index in [0.29, 0.717) is 10.3 Å². The van der Waals surface area contributed by atoms with E-state index < -0.39 is 0 Å². The fourth-order valence-electron chi connectivity index (χ4n) is 2.91. The second kappa shape index (κ2) is 6.18. The number of hydrogen-bond acceptors (Lipinski definition) is 3. The molecule has 25 heavy (non-hydrogen) atoms. The summed E-state index contributed by atoms with van der Waals surface area (Å²) in [6.07, 6.45) is 0.911. The molecule has 2 N–H and O–H groups in total. The number of rotatable bonds is 3. The highest BCUT2D eigenvalue weighted by molar-refractivity contribution is 7.21. The zero-order valence-corrected chi connectivity index (χ0v) is 14.4. The first-order valence-corrected chi connectivity index (χ1v) is 8.92. The minimum Gasteiger partial charge on any atom is -0.321 e. The number of aromatic amines is 1. The molecule has 0 bridgehead atoms. The van der Waals surface area contributed by atoms with E-state index >= 15 is 0 Å². The van der Waals surface area contributed by atoms with Crippen LogP contribution in [0.1, 0.15) is 22.2 Å². The molecule has 0 saturated heterocycles. The molecule has 0 spiro atoms. The van der Waals surface area contributed by atoms with E-state index in [-0.39, 0.29) is 11.5 Å². The van der Waals surface area contributed by atoms with Crippen LogP contribution in [0.3, 0.4) is 0 Å². The van der Waals surface area contributed by atoms with Crippen molar-refractivity contribution in [3.05, 3.63) is 75.4 Å². The maximum atomic E-state index is 12.6. The number of H-pyrrole nitrogens is 1. The van der Waals surface area contributed by atoms with Gasteiger partial charge in [0.25, 0.3) is 11.5 Å². The van der Waals surface area contributed by atoms with Crippen LogP contribution in [0.5, 0.6) is 0 Å². The van der Waals surface area contributed by atoms with E-state index in [1.807, 2.05) is 48.5 Å². The van der Waals surface area contributed by atoms with Crippen LogP contribution < -0.4 is 10.9 Å². The molecule has 4 rings (SSSR count). The van der Waals surface area contributed by atoms with Crippen molar-refractivity contribution in [2.24, 2.45) is 0 Å². The van der Waals surface area contributed by atoms with E-state index in [2.05, 4.69) is 17.2 Å². The minimum absolute atomic E-state index is 0.169. The monoisotopic (exact) mass is 348 g/mol. The van der Waals surface area contributed by atoms with Gasteiger partial charge in [0.2, 0.25) is 0 Å². The van der Waals surface area contributed by atoms with Gasteiger partial charge in [0.15, 0.2) is 0 Å². The molecule has 2 aromatic carbocycles. The summed E-state index contributed by atoms with van der Waals surface area (Å²) >= 11 is 1.35. The van der Waals surface area contributed by atoms with Gasteiger partial charge in [-0.3, -0.25) is 9.59 Å². The van der Waals surface area contributed by atoms with E-state index in [0.717, 1.165) is 33.3 Å². The standard InChI is InChI=1S/C20H16N2O2S/c1-2-12-6-5-7-13(10-12)21-20(24)17-11-15-18(25-17)14-8-3-4-9-16(14)22-19(15)23/h3-11H,2H2,1H3,(H,21,24)(H,22,23). The maximum absolute atomic E-state index is 12.6. The molecule has 5 heteroatoms. The zero-order chi connectivity index (χ0) is 17.4. The largest absolute Gasteiger partial charge is 0.321 e. The fourth-order valence-corrected chi connectivity index (χ4v) is 4.00. The Hall–Kier alpha value is -2.92. The number of fused-ring (bicyclic) bond motifs is 3. The van der Waals surface area contributed by atoms with Gasteiger partial charge in [-0.15, -0.1) is 11.3 Å². The second-order valence-electron chi connectivity index (χ2n) is 5.86. The lowest BCUT2D eigenvalue weighted by Crippen LogP contribution is -2.10. The molecule has 4 aromatic rings. The predicted octanol–water partition coefficient (Wildman–Crippen LogP) is 4.56. The summed E-state index contributed by atoms with van der Waals surface area (Å²) in [7, 11) is 0. The van der Waals surface area contributed by atoms with Crippen LogP contribution >= 0.6 is 11.3 Å². The molecule has 0 aliphatic rings. The lowest BCUT2D eigenvalue weighted by atomic mass is 10.1. The first-order chi connectivity index (χ1) is 12.2. The molecule has 1 amide bonds. The number of carbonyl (C=O) groups excluding carboxylic acids is 1. The predicted molar refractivity (Wildman–Crippen MR) is 104 cm³/mol. The average Bonchev–Trinajstić information content (AvgIpc) is 3.08. The third-order valence-electron chi connectivity index (χ3n) is 4.21. The van der Waals surface area contributed by atoms with Gasteiger partial charge >= 0.3 is 0 Å². The molecule has 4 nitrogen and oxygen atoms in total. The Labute approximate surface area is 148 Å². The Kier molecular flexibility index (Phi) is 3.86. The Morgan fingerprint density at radius 3 is 2.76 bits per heavy atom. The fraction of sp³-hybridized carbons (Fsp3) is 0.100. The van der Waals surface area contributed by atoms with Gasteiger partial charge < -0.3 is 10.3 Å². The summed E-state index contributed by atoms with van der Waals surface area (Å²) < 4.78 is 0.840. The SMILES string of the molecule is CCc1cccc(NC(=O)c2cc3c(=O)[nH]c4ccccc4c3s2)c1. The molecule has 0 fully saturated rings. The molecule has 2 heterocycles. The number of amides is 1. The molecular weight excluding hydrogens is 332 g/mol. The quantitative estimate of drug-likeness (QED) is 0.570. The van der Waals surface area contributed by atoms with Gasteiger partial charge in [-0.25, -0.2) is 0 Å². The van der Waals surface area contributed by atoms with Gasteiger partial charge in [0, 0.05) is 21.3 Å². The number of anilines is 1. The highest BCUT2D eigenvalue weighted by Gasteiger charge is 2.15. The van der Waals surface area contributed by atoms with Crippen LogP contribution in [0.4, 0.5) is 5.69 Å². The normalized spacial score (nSPS) is 11.1. The molecule has 0 atom stereocenters. The first-order valence-electron chi connectivity index (χ1n) is 8.10. The third kappa shape index (κ3) is 2.83. The van der Waals surface area contributed by atoms with Crippen molar-refractivity contribution in [3.63, 3.8) is 0 Å². The number of aryl methyl sites for hydroxylation is 1. The van der Waals surface area contributed by atoms with E-state index in [1.165, 1.54) is 11.3 Å². The Balaban J connectivity index is 1.76. The summed E-state index contributed by atoms with van der Waals surface area (Å²) in [6.45, 7) is 2.07. The van der Waals surface area contributed by atoms with Gasteiger partial charge in [0.1, 0.15) is 0 Å². The van der Waals surface area contributed by atoms with Gasteiger partial charge in [-0.1, -0.05) is 37.3 Å².